The molecule has 0 aliphatic heterocycles. The number of nitrogens with zero attached hydrogens (tertiary/aromatic N) is 1. The molecule has 0 aliphatic carbocycles. The van der Waals surface area contributed by atoms with Gasteiger partial charge in [0, 0.05) is 24.7 Å². The lowest BCUT2D eigenvalue weighted by atomic mass is 10.1. The van der Waals surface area contributed by atoms with Gasteiger partial charge in [0.25, 0.3) is 0 Å². The fraction of sp³-hybridized carbons (Fsp3) is 0.409. The number of carbonyl (C=O) groups excluding carboxylic acids is 3. The Morgan fingerprint density at radius 1 is 1.00 bits per heavy atom. The maximum absolute atomic E-state index is 12.7. The maximum Gasteiger partial charge on any atom is 0.326 e. The number of aromatic amines is 1. The molecule has 0 aliphatic rings. The molecule has 1 aromatic carbocycles. The van der Waals surface area contributed by atoms with Crippen molar-refractivity contribution in [2.24, 2.45) is 5.73 Å². The van der Waals surface area contributed by atoms with E-state index in [1.165, 1.54) is 50.6 Å². The van der Waals surface area contributed by atoms with Gasteiger partial charge < -0.3 is 42.0 Å². The Morgan fingerprint density at radius 3 is 2.20 bits per heavy atom. The minimum absolute atomic E-state index is 0.0167. The van der Waals surface area contributed by atoms with Crippen molar-refractivity contribution in [3.8, 4) is 5.75 Å². The topological polar surface area (TPSA) is 220 Å². The number of rotatable bonds is 12. The van der Waals surface area contributed by atoms with E-state index in [0.29, 0.717) is 11.3 Å². The number of aromatic hydroxyl groups is 1. The van der Waals surface area contributed by atoms with Gasteiger partial charge in [0.2, 0.25) is 17.7 Å². The number of imidazole rings is 1. The van der Waals surface area contributed by atoms with E-state index >= 15 is 0 Å². The summed E-state index contributed by atoms with van der Waals surface area (Å²) in [6.45, 7) is 2.62. The van der Waals surface area contributed by atoms with Gasteiger partial charge in [-0.3, -0.25) is 14.4 Å². The van der Waals surface area contributed by atoms with Crippen LogP contribution in [-0.4, -0.2) is 79.2 Å². The molecule has 0 fully saturated rings. The minimum atomic E-state index is -1.40. The number of hydrogen-bond donors (Lipinski definition) is 8. The number of aliphatic hydroxyl groups is 1. The normalized spacial score (nSPS) is 15.2. The number of carboxylic acid groups (broad SMARTS) is 1. The molecule has 0 saturated carbocycles. The number of phenolic OH excluding ortho intramolecular Hbond substituents is 1. The fourth-order valence-corrected chi connectivity index (χ4v) is 3.12. The highest BCUT2D eigenvalue weighted by atomic mass is 16.4. The van der Waals surface area contributed by atoms with Gasteiger partial charge >= 0.3 is 5.97 Å². The predicted octanol–water partition coefficient (Wildman–Crippen LogP) is -1.83. The number of H-pyrrole nitrogens is 1. The molecule has 0 spiro atoms. The van der Waals surface area contributed by atoms with Crippen LogP contribution in [0.4, 0.5) is 0 Å². The van der Waals surface area contributed by atoms with Crippen LogP contribution in [0.5, 0.6) is 5.75 Å². The van der Waals surface area contributed by atoms with Crippen molar-refractivity contribution in [3.63, 3.8) is 0 Å². The lowest BCUT2D eigenvalue weighted by Gasteiger charge is -2.25. The van der Waals surface area contributed by atoms with E-state index in [4.69, 9.17) is 5.73 Å². The highest BCUT2D eigenvalue weighted by Crippen LogP contribution is 2.11. The molecule has 5 atom stereocenters. The van der Waals surface area contributed by atoms with E-state index < -0.39 is 54.0 Å². The first-order valence-electron chi connectivity index (χ1n) is 10.8. The Morgan fingerprint density at radius 2 is 1.66 bits per heavy atom. The molecule has 1 aromatic heterocycles. The van der Waals surface area contributed by atoms with Crippen molar-refractivity contribution in [2.45, 2.75) is 57.0 Å². The number of aliphatic hydroxyl groups excluding tert-OH is 1. The van der Waals surface area contributed by atoms with Crippen LogP contribution in [0.3, 0.4) is 0 Å². The van der Waals surface area contributed by atoms with Gasteiger partial charge in [-0.1, -0.05) is 12.1 Å². The predicted molar refractivity (Wildman–Crippen MR) is 123 cm³/mol. The lowest BCUT2D eigenvalue weighted by Crippen LogP contribution is -2.59. The zero-order valence-corrected chi connectivity index (χ0v) is 19.3. The number of aromatic nitrogens is 2. The summed E-state index contributed by atoms with van der Waals surface area (Å²) < 4.78 is 0. The molecule has 2 rings (SSSR count). The minimum Gasteiger partial charge on any atom is -0.508 e. The van der Waals surface area contributed by atoms with Gasteiger partial charge in [-0.25, -0.2) is 9.78 Å². The van der Waals surface area contributed by atoms with Crippen LogP contribution in [0.2, 0.25) is 0 Å². The molecule has 1 heterocycles. The van der Waals surface area contributed by atoms with Gasteiger partial charge in [-0.05, 0) is 31.5 Å². The third-order valence-corrected chi connectivity index (χ3v) is 5.14. The molecule has 190 valence electrons. The number of amides is 3. The zero-order chi connectivity index (χ0) is 26.1. The van der Waals surface area contributed by atoms with Crippen LogP contribution in [-0.2, 0) is 32.0 Å². The molecule has 3 amide bonds. The summed E-state index contributed by atoms with van der Waals surface area (Å²) in [4.78, 5) is 55.8. The van der Waals surface area contributed by atoms with E-state index in [1.807, 2.05) is 0 Å². The maximum atomic E-state index is 12.7. The number of nitrogens with two attached hydrogens (primary N) is 1. The number of hydrogen-bond acceptors (Lipinski definition) is 8. The smallest absolute Gasteiger partial charge is 0.326 e. The zero-order valence-electron chi connectivity index (χ0n) is 19.3. The standard InChI is InChI=1S/C22H30N6O7/c1-11(19(31)27-17(22(34)35)7-13-3-5-15(30)6-4-13)26-21(33)18(12(2)29)28-20(32)16(23)8-14-9-24-10-25-14/h3-6,9-12,16-18,29-30H,7-8,23H2,1-2H3,(H,24,25)(H,26,33)(H,27,31)(H,28,32)(H,34,35). The second-order valence-electron chi connectivity index (χ2n) is 8.11. The molecule has 0 bridgehead atoms. The van der Waals surface area contributed by atoms with Gasteiger partial charge in [0.05, 0.1) is 18.5 Å². The molecule has 2 aromatic rings. The third kappa shape index (κ3) is 8.39. The van der Waals surface area contributed by atoms with E-state index in [9.17, 15) is 34.5 Å². The molecule has 9 N–H and O–H groups in total. The van der Waals surface area contributed by atoms with Crippen molar-refractivity contribution >= 4 is 23.7 Å². The fourth-order valence-electron chi connectivity index (χ4n) is 3.12. The molecule has 0 saturated heterocycles. The monoisotopic (exact) mass is 490 g/mol. The van der Waals surface area contributed by atoms with Crippen molar-refractivity contribution in [1.82, 2.24) is 25.9 Å². The average molecular weight is 491 g/mol. The van der Waals surface area contributed by atoms with Crippen molar-refractivity contribution in [2.75, 3.05) is 0 Å². The third-order valence-electron chi connectivity index (χ3n) is 5.14. The Balaban J connectivity index is 1.95. The Kier molecular flexibility index (Phi) is 9.73. The number of benzene rings is 1. The molecule has 0 radical (unpaired) electrons. The first-order chi connectivity index (χ1) is 16.5. The summed E-state index contributed by atoms with van der Waals surface area (Å²) in [5.41, 5.74) is 7.03. The second kappa shape index (κ2) is 12.5. The lowest BCUT2D eigenvalue weighted by molar-refractivity contribution is -0.142. The molecular formula is C22H30N6O7. The van der Waals surface area contributed by atoms with Crippen LogP contribution in [0, 0.1) is 0 Å². The first kappa shape index (κ1) is 27.3. The average Bonchev–Trinajstić information content (AvgIpc) is 3.30. The molecule has 13 heteroatoms. The van der Waals surface area contributed by atoms with E-state index in [2.05, 4.69) is 25.9 Å². The van der Waals surface area contributed by atoms with E-state index in [-0.39, 0.29) is 18.6 Å². The van der Waals surface area contributed by atoms with E-state index in [1.54, 1.807) is 0 Å². The van der Waals surface area contributed by atoms with Crippen molar-refractivity contribution in [3.05, 3.63) is 48.0 Å². The summed E-state index contributed by atoms with van der Waals surface area (Å²) in [5, 5.41) is 35.9. The van der Waals surface area contributed by atoms with E-state index in [0.717, 1.165) is 0 Å². The Bertz CT molecular complexity index is 1010. The molecule has 35 heavy (non-hydrogen) atoms. The van der Waals surface area contributed by atoms with Gasteiger partial charge in [0.15, 0.2) is 0 Å². The Labute approximate surface area is 201 Å². The van der Waals surface area contributed by atoms with Crippen molar-refractivity contribution < 1.29 is 34.5 Å². The van der Waals surface area contributed by atoms with Gasteiger partial charge in [-0.2, -0.15) is 0 Å². The molecule has 5 unspecified atom stereocenters. The highest BCUT2D eigenvalue weighted by Gasteiger charge is 2.31. The number of phenols is 1. The van der Waals surface area contributed by atoms with Crippen LogP contribution >= 0.6 is 0 Å². The number of carbonyl (C=O) groups is 4. The summed E-state index contributed by atoms with van der Waals surface area (Å²) >= 11 is 0. The highest BCUT2D eigenvalue weighted by molar-refractivity contribution is 5.94. The van der Waals surface area contributed by atoms with Gasteiger partial charge in [-0.15, -0.1) is 0 Å². The molecule has 13 nitrogen and oxygen atoms in total. The summed E-state index contributed by atoms with van der Waals surface area (Å²) in [7, 11) is 0. The second-order valence-corrected chi connectivity index (χ2v) is 8.11. The van der Waals surface area contributed by atoms with Gasteiger partial charge in [0.1, 0.15) is 23.9 Å². The first-order valence-corrected chi connectivity index (χ1v) is 10.8. The molecular weight excluding hydrogens is 460 g/mol. The summed E-state index contributed by atoms with van der Waals surface area (Å²) in [6.07, 6.45) is 1.69. The largest absolute Gasteiger partial charge is 0.508 e. The number of aliphatic carboxylic acids is 1. The SMILES string of the molecule is CC(NC(=O)C(NC(=O)C(N)Cc1cnc[nH]1)C(C)O)C(=O)NC(Cc1ccc(O)cc1)C(=O)O. The number of carboxylic acids is 1. The number of nitrogens with one attached hydrogen (secondary N) is 4. The Hall–Kier alpha value is -3.97. The quantitative estimate of drug-likeness (QED) is 0.167. The summed E-state index contributed by atoms with van der Waals surface area (Å²) in [6, 6.07) is 0.930. The van der Waals surface area contributed by atoms with Crippen molar-refractivity contribution in [1.29, 1.82) is 0 Å². The summed E-state index contributed by atoms with van der Waals surface area (Å²) in [5.74, 6) is -3.60. The van der Waals surface area contributed by atoms with Crippen LogP contribution in [0.15, 0.2) is 36.8 Å². The van der Waals surface area contributed by atoms with Crippen LogP contribution in [0.25, 0.3) is 0 Å². The van der Waals surface area contributed by atoms with Crippen LogP contribution in [0.1, 0.15) is 25.1 Å². The van der Waals surface area contributed by atoms with Crippen LogP contribution < -0.4 is 21.7 Å².